The standard InChI is InChI=1S/C80H54N8/c1-7-25-55(26-8-1)83(62-45-49-76-69(51-62)66-38-20-23-41-74(66)86(76)58-31-13-4-14-32-58)61-44-48-72-71(53-61)79(84(56-27-9-2-10-28-56)64-43-47-68-65-37-19-22-40-73(65)88(78(68)54-64)60-35-17-6-18-36-60)82-80(81-72)85(57-29-11-3-12-30-57)63-46-50-77-70(52-63)67-39-21-24-42-75(67)87(77)59-33-15-5-16-34-59/h1-54H. The van der Waals surface area contributed by atoms with Gasteiger partial charge in [-0.15, -0.1) is 0 Å². The molecule has 17 aromatic rings. The third kappa shape index (κ3) is 8.37. The van der Waals surface area contributed by atoms with Crippen molar-refractivity contribution in [2.45, 2.75) is 0 Å². The molecule has 0 saturated heterocycles. The molecule has 0 N–H and O–H groups in total. The topological polar surface area (TPSA) is 50.3 Å². The summed E-state index contributed by atoms with van der Waals surface area (Å²) < 4.78 is 7.11. The molecular formula is C80H54N8. The highest BCUT2D eigenvalue weighted by Gasteiger charge is 2.27. The highest BCUT2D eigenvalue weighted by molar-refractivity contribution is 6.14. The first-order valence-corrected chi connectivity index (χ1v) is 29.8. The minimum absolute atomic E-state index is 0.521. The first-order valence-electron chi connectivity index (χ1n) is 29.8. The molecule has 0 unspecified atom stereocenters. The van der Waals surface area contributed by atoms with Crippen molar-refractivity contribution in [3.63, 3.8) is 0 Å². The molecule has 8 nitrogen and oxygen atoms in total. The Morgan fingerprint density at radius 2 is 0.534 bits per heavy atom. The maximum Gasteiger partial charge on any atom is 0.237 e. The largest absolute Gasteiger partial charge is 0.310 e. The maximum atomic E-state index is 5.97. The second-order valence-corrected chi connectivity index (χ2v) is 22.2. The molecule has 0 saturated carbocycles. The van der Waals surface area contributed by atoms with Crippen LogP contribution in [-0.4, -0.2) is 23.7 Å². The molecule has 4 heterocycles. The van der Waals surface area contributed by atoms with Crippen LogP contribution in [0.4, 0.5) is 51.6 Å². The van der Waals surface area contributed by atoms with Crippen LogP contribution in [-0.2, 0) is 0 Å². The highest BCUT2D eigenvalue weighted by atomic mass is 15.3. The van der Waals surface area contributed by atoms with Gasteiger partial charge in [0.1, 0.15) is 0 Å². The summed E-state index contributed by atoms with van der Waals surface area (Å²) in [6.45, 7) is 0. The number of hydrogen-bond acceptors (Lipinski definition) is 5. The van der Waals surface area contributed by atoms with Crippen molar-refractivity contribution in [3.8, 4) is 17.1 Å². The third-order valence-corrected chi connectivity index (χ3v) is 17.1. The Bertz CT molecular complexity index is 5450. The molecule has 0 aliphatic heterocycles. The summed E-state index contributed by atoms with van der Waals surface area (Å²) in [6.07, 6.45) is 0. The van der Waals surface area contributed by atoms with E-state index >= 15 is 0 Å². The van der Waals surface area contributed by atoms with Crippen LogP contribution in [0.2, 0.25) is 0 Å². The molecule has 414 valence electrons. The van der Waals surface area contributed by atoms with Crippen molar-refractivity contribution >= 4 is 128 Å². The van der Waals surface area contributed by atoms with Gasteiger partial charge in [-0.05, 0) is 158 Å². The zero-order valence-corrected chi connectivity index (χ0v) is 47.8. The van der Waals surface area contributed by atoms with Crippen molar-refractivity contribution in [1.29, 1.82) is 0 Å². The summed E-state index contributed by atoms with van der Waals surface area (Å²) in [4.78, 5) is 18.6. The van der Waals surface area contributed by atoms with E-state index in [1.165, 1.54) is 10.8 Å². The number of para-hydroxylation sites is 9. The fourth-order valence-corrected chi connectivity index (χ4v) is 13.3. The molecular weight excluding hydrogens is 1070 g/mol. The van der Waals surface area contributed by atoms with Crippen LogP contribution in [0.25, 0.3) is 93.4 Å². The molecule has 8 heteroatoms. The molecule has 0 atom stereocenters. The minimum Gasteiger partial charge on any atom is -0.310 e. The lowest BCUT2D eigenvalue weighted by molar-refractivity contribution is 1.08. The summed E-state index contributed by atoms with van der Waals surface area (Å²) in [5.74, 6) is 1.24. The van der Waals surface area contributed by atoms with E-state index in [0.29, 0.717) is 11.8 Å². The van der Waals surface area contributed by atoms with E-state index in [9.17, 15) is 0 Å². The average molecular weight is 1130 g/mol. The van der Waals surface area contributed by atoms with E-state index in [0.717, 1.165) is 122 Å². The Morgan fingerprint density at radius 1 is 0.205 bits per heavy atom. The fraction of sp³-hybridized carbons (Fsp3) is 0. The van der Waals surface area contributed by atoms with Gasteiger partial charge in [0.15, 0.2) is 5.82 Å². The van der Waals surface area contributed by atoms with Gasteiger partial charge in [-0.25, -0.2) is 4.98 Å². The van der Waals surface area contributed by atoms with Crippen LogP contribution in [0, 0.1) is 0 Å². The van der Waals surface area contributed by atoms with Crippen molar-refractivity contribution in [2.24, 2.45) is 0 Å². The van der Waals surface area contributed by atoms with Crippen molar-refractivity contribution in [1.82, 2.24) is 23.7 Å². The van der Waals surface area contributed by atoms with Gasteiger partial charge in [0.2, 0.25) is 5.95 Å². The third-order valence-electron chi connectivity index (χ3n) is 17.1. The van der Waals surface area contributed by atoms with E-state index < -0.39 is 0 Å². The quantitative estimate of drug-likeness (QED) is 0.122. The first-order chi connectivity index (χ1) is 43.7. The first kappa shape index (κ1) is 50.5. The average Bonchev–Trinajstić information content (AvgIpc) is 2.32. The number of anilines is 9. The Balaban J connectivity index is 0.929. The lowest BCUT2D eigenvalue weighted by Gasteiger charge is -2.30. The Labute approximate surface area is 508 Å². The number of fused-ring (bicyclic) bond motifs is 10. The van der Waals surface area contributed by atoms with Gasteiger partial charge in [-0.2, -0.15) is 4.98 Å². The van der Waals surface area contributed by atoms with Crippen molar-refractivity contribution in [3.05, 3.63) is 328 Å². The van der Waals surface area contributed by atoms with Crippen molar-refractivity contribution < 1.29 is 0 Å². The predicted molar refractivity (Wildman–Crippen MR) is 367 cm³/mol. The van der Waals surface area contributed by atoms with E-state index in [2.05, 4.69) is 356 Å². The summed E-state index contributed by atoms with van der Waals surface area (Å²) in [5.41, 5.74) is 17.6. The van der Waals surface area contributed by atoms with Gasteiger partial charge < -0.3 is 18.6 Å². The molecule has 4 aromatic heterocycles. The maximum absolute atomic E-state index is 5.97. The normalized spacial score (nSPS) is 11.6. The summed E-state index contributed by atoms with van der Waals surface area (Å²) >= 11 is 0. The van der Waals surface area contributed by atoms with Gasteiger partial charge in [0.25, 0.3) is 0 Å². The predicted octanol–water partition coefficient (Wildman–Crippen LogP) is 21.3. The van der Waals surface area contributed by atoms with Crippen LogP contribution in [0.1, 0.15) is 0 Å². The van der Waals surface area contributed by atoms with Gasteiger partial charge >= 0.3 is 0 Å². The molecule has 17 rings (SSSR count). The highest BCUT2D eigenvalue weighted by Crippen LogP contribution is 2.47. The van der Waals surface area contributed by atoms with Gasteiger partial charge in [-0.1, -0.05) is 170 Å². The van der Waals surface area contributed by atoms with E-state index in [1.807, 2.05) is 0 Å². The van der Waals surface area contributed by atoms with Gasteiger partial charge in [-0.3, -0.25) is 9.80 Å². The second-order valence-electron chi connectivity index (χ2n) is 22.2. The number of aromatic nitrogens is 5. The Hall–Kier alpha value is -12.0. The van der Waals surface area contributed by atoms with Gasteiger partial charge in [0.05, 0.1) is 38.6 Å². The van der Waals surface area contributed by atoms with Gasteiger partial charge in [0, 0.05) is 94.6 Å². The van der Waals surface area contributed by atoms with Crippen LogP contribution >= 0.6 is 0 Å². The van der Waals surface area contributed by atoms with E-state index in [1.54, 1.807) is 0 Å². The van der Waals surface area contributed by atoms with E-state index in [-0.39, 0.29) is 0 Å². The van der Waals surface area contributed by atoms with Crippen LogP contribution < -0.4 is 14.7 Å². The zero-order valence-electron chi connectivity index (χ0n) is 47.8. The molecule has 0 bridgehead atoms. The number of benzene rings is 13. The Morgan fingerprint density at radius 3 is 1.02 bits per heavy atom. The van der Waals surface area contributed by atoms with Crippen molar-refractivity contribution in [2.75, 3.05) is 14.7 Å². The van der Waals surface area contributed by atoms with Crippen LogP contribution in [0.15, 0.2) is 328 Å². The fourth-order valence-electron chi connectivity index (χ4n) is 13.3. The van der Waals surface area contributed by atoms with E-state index in [4.69, 9.17) is 9.97 Å². The monoisotopic (exact) mass is 1130 g/mol. The SMILES string of the molecule is c1ccc(N(c2ccc3nc(N(c4ccccc4)c4ccc5c(c4)c4ccccc4n5-c4ccccc4)nc(N(c4ccccc4)c4ccc5c6ccccc6n(-c6ccccc6)c5c4)c3c2)c2ccc3c(c2)c2ccccc2n3-c2ccccc2)cc1. The summed E-state index contributed by atoms with van der Waals surface area (Å²) in [5, 5.41) is 7.84. The molecule has 0 amide bonds. The second kappa shape index (κ2) is 21.0. The summed E-state index contributed by atoms with van der Waals surface area (Å²) in [6, 6.07) is 117. The summed E-state index contributed by atoms with van der Waals surface area (Å²) in [7, 11) is 0. The van der Waals surface area contributed by atoms with Crippen LogP contribution in [0.3, 0.4) is 0 Å². The zero-order chi connectivity index (χ0) is 58.1. The lowest BCUT2D eigenvalue weighted by atomic mass is 10.1. The minimum atomic E-state index is 0.521. The van der Waals surface area contributed by atoms with Crippen LogP contribution in [0.5, 0.6) is 0 Å². The molecule has 0 spiro atoms. The molecule has 88 heavy (non-hydrogen) atoms. The molecule has 0 aliphatic rings. The number of rotatable bonds is 12. The Kier molecular flexibility index (Phi) is 12.0. The molecule has 0 aliphatic carbocycles. The molecule has 0 radical (unpaired) electrons. The molecule has 0 fully saturated rings. The number of nitrogens with zero attached hydrogens (tertiary/aromatic N) is 8. The number of hydrogen-bond donors (Lipinski definition) is 0. The smallest absolute Gasteiger partial charge is 0.237 e. The molecule has 13 aromatic carbocycles. The lowest BCUT2D eigenvalue weighted by Crippen LogP contribution is -2.18.